The lowest BCUT2D eigenvalue weighted by atomic mass is 10.3. The smallest absolute Gasteiger partial charge is 0.349 e. The Morgan fingerprint density at radius 3 is 2.86 bits per heavy atom. The second kappa shape index (κ2) is 3.02. The van der Waals surface area contributed by atoms with Crippen LogP contribution in [0.5, 0.6) is 0 Å². The van der Waals surface area contributed by atoms with Gasteiger partial charge in [0, 0.05) is 6.07 Å². The topological polar surface area (TPSA) is 58.2 Å². The third-order valence-corrected chi connectivity index (χ3v) is 1.95. The summed E-state index contributed by atoms with van der Waals surface area (Å²) in [5.74, 6) is 0. The molecule has 0 aliphatic heterocycles. The number of fused-ring (bicyclic) bond motifs is 1. The second-order valence-corrected chi connectivity index (χ2v) is 2.76. The summed E-state index contributed by atoms with van der Waals surface area (Å²) < 4.78 is 1.61. The van der Waals surface area contributed by atoms with Gasteiger partial charge in [-0.2, -0.15) is 4.73 Å². The normalized spacial score (nSPS) is 10.4. The van der Waals surface area contributed by atoms with E-state index >= 15 is 0 Å². The first-order valence-corrected chi connectivity index (χ1v) is 4.02. The molecule has 0 unspecified atom stereocenters. The Morgan fingerprint density at radius 2 is 2.14 bits per heavy atom. The lowest BCUT2D eigenvalue weighted by Gasteiger charge is -2.06. The van der Waals surface area contributed by atoms with E-state index < -0.39 is 5.56 Å². The Hall–Kier alpha value is -2.04. The Morgan fingerprint density at radius 1 is 1.43 bits per heavy atom. The van der Waals surface area contributed by atoms with Gasteiger partial charge in [0.05, 0.1) is 0 Å². The molecule has 0 fully saturated rings. The fraction of sp³-hybridized carbons (Fsp3) is 0.111. The van der Waals surface area contributed by atoms with Crippen LogP contribution in [0.4, 0.5) is 0 Å². The largest absolute Gasteiger partial charge is 0.618 e. The van der Waals surface area contributed by atoms with Crippen LogP contribution in [0, 0.1) is 5.21 Å². The summed E-state index contributed by atoms with van der Waals surface area (Å²) in [5, 5.41) is 11.3. The van der Waals surface area contributed by atoms with Crippen LogP contribution in [-0.2, 0) is 0 Å². The highest BCUT2D eigenvalue weighted by atomic mass is 16.6. The number of para-hydroxylation sites is 2. The minimum Gasteiger partial charge on any atom is -0.618 e. The van der Waals surface area contributed by atoms with E-state index in [2.05, 4.69) is 0 Å². The van der Waals surface area contributed by atoms with Crippen LogP contribution < -0.4 is 15.1 Å². The van der Waals surface area contributed by atoms with Crippen LogP contribution in [0.25, 0.3) is 11.0 Å². The summed E-state index contributed by atoms with van der Waals surface area (Å²) >= 11 is 0. The first-order valence-electron chi connectivity index (χ1n) is 4.02. The molecule has 72 valence electrons. The fourth-order valence-electron chi connectivity index (χ4n) is 1.35. The zero-order chi connectivity index (χ0) is 10.1. The van der Waals surface area contributed by atoms with Gasteiger partial charge in [0.1, 0.15) is 7.11 Å². The zero-order valence-corrected chi connectivity index (χ0v) is 7.51. The van der Waals surface area contributed by atoms with Crippen LogP contribution in [0.15, 0.2) is 35.3 Å². The molecule has 0 atom stereocenters. The molecule has 5 heteroatoms. The first-order chi connectivity index (χ1) is 6.74. The molecule has 0 bridgehead atoms. The molecule has 2 aromatic rings. The molecule has 1 aromatic heterocycles. The van der Waals surface area contributed by atoms with Crippen molar-refractivity contribution in [3.8, 4) is 0 Å². The summed E-state index contributed by atoms with van der Waals surface area (Å²) in [5.41, 5.74) is 0.368. The highest BCUT2D eigenvalue weighted by molar-refractivity contribution is 5.70. The monoisotopic (exact) mass is 192 g/mol. The summed E-state index contributed by atoms with van der Waals surface area (Å²) in [6.07, 6.45) is 0.936. The average Bonchev–Trinajstić information content (AvgIpc) is 2.18. The third-order valence-electron chi connectivity index (χ3n) is 1.95. The Kier molecular flexibility index (Phi) is 1.85. The van der Waals surface area contributed by atoms with Gasteiger partial charge < -0.3 is 10.0 Å². The van der Waals surface area contributed by atoms with Crippen molar-refractivity contribution < 1.29 is 9.57 Å². The minimum absolute atomic E-state index is 0.397. The number of benzene rings is 1. The Balaban J connectivity index is 2.98. The van der Waals surface area contributed by atoms with Gasteiger partial charge in [0.15, 0.2) is 5.52 Å². The molecule has 0 aliphatic carbocycles. The van der Waals surface area contributed by atoms with Crippen molar-refractivity contribution in [1.29, 1.82) is 0 Å². The lowest BCUT2D eigenvalue weighted by Crippen LogP contribution is -2.38. The molecule has 2 rings (SSSR count). The molecule has 0 amide bonds. The van der Waals surface area contributed by atoms with E-state index in [0.29, 0.717) is 15.8 Å². The molecule has 5 nitrogen and oxygen atoms in total. The second-order valence-electron chi connectivity index (χ2n) is 2.76. The van der Waals surface area contributed by atoms with Crippen molar-refractivity contribution in [1.82, 2.24) is 4.73 Å². The molecule has 0 saturated heterocycles. The SMILES string of the molecule is COn1c(=O)c[n+]([O-])c2ccccc21. The Labute approximate surface area is 79.3 Å². The molecule has 0 saturated carbocycles. The lowest BCUT2D eigenvalue weighted by molar-refractivity contribution is -0.578. The van der Waals surface area contributed by atoms with E-state index in [1.165, 1.54) is 7.11 Å². The molecule has 1 heterocycles. The zero-order valence-electron chi connectivity index (χ0n) is 7.51. The van der Waals surface area contributed by atoms with E-state index in [0.717, 1.165) is 10.9 Å². The van der Waals surface area contributed by atoms with Crippen LogP contribution in [0.2, 0.25) is 0 Å². The quantitative estimate of drug-likeness (QED) is 0.460. The highest BCUT2D eigenvalue weighted by Gasteiger charge is 2.10. The van der Waals surface area contributed by atoms with Crippen LogP contribution in [0.1, 0.15) is 0 Å². The molecule has 0 N–H and O–H groups in total. The standard InChI is InChI=1S/C9H8N2O3/c1-14-11-8-5-3-2-4-7(8)10(13)6-9(11)12/h2-6H,1H3. The molecule has 0 radical (unpaired) electrons. The minimum atomic E-state index is -0.485. The third kappa shape index (κ3) is 1.10. The summed E-state index contributed by atoms with van der Waals surface area (Å²) in [4.78, 5) is 16.2. The van der Waals surface area contributed by atoms with E-state index in [1.54, 1.807) is 24.3 Å². The fourth-order valence-corrected chi connectivity index (χ4v) is 1.35. The molecule has 1 aromatic carbocycles. The van der Waals surface area contributed by atoms with Gasteiger partial charge in [-0.05, 0) is 6.07 Å². The average molecular weight is 192 g/mol. The molecule has 0 spiro atoms. The summed E-state index contributed by atoms with van der Waals surface area (Å²) in [6, 6.07) is 6.73. The van der Waals surface area contributed by atoms with E-state index in [-0.39, 0.29) is 0 Å². The summed E-state index contributed by atoms with van der Waals surface area (Å²) in [6.45, 7) is 0. The number of aromatic nitrogens is 2. The van der Waals surface area contributed by atoms with Gasteiger partial charge in [-0.15, -0.1) is 4.73 Å². The molecule has 0 aliphatic rings. The molecular formula is C9H8N2O3. The number of nitrogens with zero attached hydrogens (tertiary/aromatic N) is 2. The van der Waals surface area contributed by atoms with Gasteiger partial charge in [-0.1, -0.05) is 12.1 Å². The van der Waals surface area contributed by atoms with Crippen LogP contribution in [0.3, 0.4) is 0 Å². The Bertz CT molecular complexity index is 533. The van der Waals surface area contributed by atoms with Gasteiger partial charge in [-0.25, -0.2) is 0 Å². The van der Waals surface area contributed by atoms with Crippen molar-refractivity contribution >= 4 is 11.0 Å². The summed E-state index contributed by atoms with van der Waals surface area (Å²) in [7, 11) is 1.38. The number of hydrogen-bond acceptors (Lipinski definition) is 3. The molecular weight excluding hydrogens is 184 g/mol. The van der Waals surface area contributed by atoms with E-state index in [4.69, 9.17) is 4.84 Å². The van der Waals surface area contributed by atoms with Gasteiger partial charge in [-0.3, -0.25) is 4.79 Å². The highest BCUT2D eigenvalue weighted by Crippen LogP contribution is 2.04. The van der Waals surface area contributed by atoms with Crippen molar-refractivity contribution in [2.45, 2.75) is 0 Å². The van der Waals surface area contributed by atoms with Crippen molar-refractivity contribution in [3.05, 3.63) is 46.0 Å². The molecule has 14 heavy (non-hydrogen) atoms. The first kappa shape index (κ1) is 8.55. The van der Waals surface area contributed by atoms with E-state index in [9.17, 15) is 10.0 Å². The van der Waals surface area contributed by atoms with Crippen molar-refractivity contribution in [2.24, 2.45) is 0 Å². The van der Waals surface area contributed by atoms with Crippen LogP contribution >= 0.6 is 0 Å². The maximum absolute atomic E-state index is 11.3. The number of rotatable bonds is 1. The predicted octanol–water partition coefficient (Wildman–Crippen LogP) is -0.307. The van der Waals surface area contributed by atoms with Crippen molar-refractivity contribution in [2.75, 3.05) is 7.11 Å². The predicted molar refractivity (Wildman–Crippen MR) is 49.7 cm³/mol. The van der Waals surface area contributed by atoms with Gasteiger partial charge in [0.25, 0.3) is 0 Å². The maximum Gasteiger partial charge on any atom is 0.349 e. The van der Waals surface area contributed by atoms with Crippen LogP contribution in [-0.4, -0.2) is 11.8 Å². The van der Waals surface area contributed by atoms with Gasteiger partial charge in [0.2, 0.25) is 11.7 Å². The van der Waals surface area contributed by atoms with Gasteiger partial charge >= 0.3 is 5.56 Å². The number of hydrogen-bond donors (Lipinski definition) is 0. The van der Waals surface area contributed by atoms with E-state index in [1.807, 2.05) is 0 Å². The maximum atomic E-state index is 11.3. The van der Waals surface area contributed by atoms with Crippen molar-refractivity contribution in [3.63, 3.8) is 0 Å².